The van der Waals surface area contributed by atoms with E-state index in [0.717, 1.165) is 24.3 Å². The summed E-state index contributed by atoms with van der Waals surface area (Å²) in [6.45, 7) is 4.75. The van der Waals surface area contributed by atoms with Gasteiger partial charge in [-0.25, -0.2) is 0 Å². The van der Waals surface area contributed by atoms with Gasteiger partial charge in [-0.1, -0.05) is 51.5 Å². The van der Waals surface area contributed by atoms with Crippen molar-refractivity contribution in [2.45, 2.75) is 58.8 Å². The summed E-state index contributed by atoms with van der Waals surface area (Å²) in [5.74, 6) is 1.48. The Morgan fingerprint density at radius 3 is 2.43 bits per heavy atom. The van der Waals surface area contributed by atoms with Gasteiger partial charge in [-0.2, -0.15) is 5.26 Å². The van der Waals surface area contributed by atoms with E-state index < -0.39 is 0 Å². The smallest absolute Gasteiger partial charge is 0.161 e. The van der Waals surface area contributed by atoms with Crippen LogP contribution in [0.3, 0.4) is 0 Å². The fraction of sp³-hybridized carbons (Fsp3) is 0.550. The van der Waals surface area contributed by atoms with E-state index >= 15 is 0 Å². The Morgan fingerprint density at radius 1 is 1.09 bits per heavy atom. The maximum Gasteiger partial charge on any atom is 0.161 e. The van der Waals surface area contributed by atoms with E-state index in [1.54, 1.807) is 14.0 Å². The molecule has 0 unspecified atom stereocenters. The molecule has 0 heterocycles. The molecule has 0 saturated carbocycles. The number of hydrogen-bond acceptors (Lipinski definition) is 3. The first-order chi connectivity index (χ1) is 11.2. The second-order valence-electron chi connectivity index (χ2n) is 5.82. The number of methoxy groups -OCH3 is 1. The van der Waals surface area contributed by atoms with Crippen LogP contribution in [0.15, 0.2) is 23.8 Å². The van der Waals surface area contributed by atoms with E-state index in [-0.39, 0.29) is 0 Å². The lowest BCUT2D eigenvalue weighted by Crippen LogP contribution is -1.99. The van der Waals surface area contributed by atoms with Crippen molar-refractivity contribution in [3.05, 3.63) is 29.3 Å². The molecule has 0 spiro atoms. The van der Waals surface area contributed by atoms with Crippen LogP contribution in [-0.2, 0) is 0 Å². The monoisotopic (exact) mass is 315 g/mol. The SMILES string of the molecule is CCCCCCCCCOc1ccc(/C=C(/C)C#N)cc1OC. The molecule has 0 fully saturated rings. The maximum absolute atomic E-state index is 8.84. The maximum atomic E-state index is 8.84. The molecule has 0 aliphatic carbocycles. The van der Waals surface area contributed by atoms with E-state index in [1.807, 2.05) is 24.3 Å². The van der Waals surface area contributed by atoms with Gasteiger partial charge in [0.1, 0.15) is 0 Å². The normalized spacial score (nSPS) is 11.1. The highest BCUT2D eigenvalue weighted by Crippen LogP contribution is 2.29. The minimum Gasteiger partial charge on any atom is -0.493 e. The van der Waals surface area contributed by atoms with Crippen molar-refractivity contribution >= 4 is 6.08 Å². The molecule has 0 radical (unpaired) electrons. The molecular weight excluding hydrogens is 286 g/mol. The van der Waals surface area contributed by atoms with E-state index in [9.17, 15) is 0 Å². The quantitative estimate of drug-likeness (QED) is 0.385. The highest BCUT2D eigenvalue weighted by Gasteiger charge is 2.05. The predicted molar refractivity (Wildman–Crippen MR) is 95.7 cm³/mol. The van der Waals surface area contributed by atoms with Gasteiger partial charge in [-0.05, 0) is 37.1 Å². The van der Waals surface area contributed by atoms with Gasteiger partial charge in [0, 0.05) is 5.57 Å². The van der Waals surface area contributed by atoms with Crippen molar-refractivity contribution < 1.29 is 9.47 Å². The zero-order valence-electron chi connectivity index (χ0n) is 14.7. The van der Waals surface area contributed by atoms with E-state index in [1.165, 1.54) is 38.5 Å². The van der Waals surface area contributed by atoms with Gasteiger partial charge in [-0.3, -0.25) is 0 Å². The van der Waals surface area contributed by atoms with Gasteiger partial charge in [0.15, 0.2) is 11.5 Å². The van der Waals surface area contributed by atoms with Crippen molar-refractivity contribution in [3.63, 3.8) is 0 Å². The van der Waals surface area contributed by atoms with Crippen LogP contribution in [0.2, 0.25) is 0 Å². The lowest BCUT2D eigenvalue weighted by Gasteiger charge is -2.11. The van der Waals surface area contributed by atoms with Gasteiger partial charge in [0.2, 0.25) is 0 Å². The van der Waals surface area contributed by atoms with E-state index in [4.69, 9.17) is 14.7 Å². The van der Waals surface area contributed by atoms with Crippen LogP contribution in [0.5, 0.6) is 11.5 Å². The van der Waals surface area contributed by atoms with Gasteiger partial charge >= 0.3 is 0 Å². The molecule has 0 bridgehead atoms. The van der Waals surface area contributed by atoms with Crippen LogP contribution in [-0.4, -0.2) is 13.7 Å². The third-order valence-electron chi connectivity index (χ3n) is 3.75. The second-order valence-corrected chi connectivity index (χ2v) is 5.82. The van der Waals surface area contributed by atoms with Crippen LogP contribution >= 0.6 is 0 Å². The second kappa shape index (κ2) is 11.6. The highest BCUT2D eigenvalue weighted by atomic mass is 16.5. The van der Waals surface area contributed by atoms with Gasteiger partial charge in [0.25, 0.3) is 0 Å². The molecule has 0 aliphatic heterocycles. The van der Waals surface area contributed by atoms with Crippen LogP contribution in [0.1, 0.15) is 64.4 Å². The number of benzene rings is 1. The largest absolute Gasteiger partial charge is 0.493 e. The Kier molecular flexibility index (Phi) is 9.63. The number of rotatable bonds is 11. The molecule has 0 amide bonds. The third-order valence-corrected chi connectivity index (χ3v) is 3.75. The van der Waals surface area contributed by atoms with Crippen molar-refractivity contribution in [2.24, 2.45) is 0 Å². The number of unbranched alkanes of at least 4 members (excludes halogenated alkanes) is 6. The Bertz CT molecular complexity index is 529. The van der Waals surface area contributed by atoms with Gasteiger partial charge in [-0.15, -0.1) is 0 Å². The summed E-state index contributed by atoms with van der Waals surface area (Å²) in [5.41, 5.74) is 1.62. The number of ether oxygens (including phenoxy) is 2. The molecule has 23 heavy (non-hydrogen) atoms. The van der Waals surface area contributed by atoms with Gasteiger partial charge < -0.3 is 9.47 Å². The summed E-state index contributed by atoms with van der Waals surface area (Å²) in [6, 6.07) is 7.89. The summed E-state index contributed by atoms with van der Waals surface area (Å²) in [7, 11) is 1.64. The highest BCUT2D eigenvalue weighted by molar-refractivity contribution is 5.60. The molecule has 126 valence electrons. The fourth-order valence-electron chi connectivity index (χ4n) is 2.42. The minimum absolute atomic E-state index is 0.670. The molecule has 0 aromatic heterocycles. The first-order valence-electron chi connectivity index (χ1n) is 8.60. The topological polar surface area (TPSA) is 42.2 Å². The molecule has 0 aliphatic rings. The molecule has 1 aromatic rings. The summed E-state index contributed by atoms with van der Waals surface area (Å²) >= 11 is 0. The van der Waals surface area contributed by atoms with Gasteiger partial charge in [0.05, 0.1) is 19.8 Å². The van der Waals surface area contributed by atoms with Crippen molar-refractivity contribution in [2.75, 3.05) is 13.7 Å². The van der Waals surface area contributed by atoms with Crippen molar-refractivity contribution in [3.8, 4) is 17.6 Å². The van der Waals surface area contributed by atoms with Crippen LogP contribution in [0, 0.1) is 11.3 Å². The zero-order valence-corrected chi connectivity index (χ0v) is 14.7. The summed E-state index contributed by atoms with van der Waals surface area (Å²) in [6.07, 6.45) is 10.7. The Labute approximate surface area is 140 Å². The molecule has 0 N–H and O–H groups in total. The van der Waals surface area contributed by atoms with Crippen molar-refractivity contribution in [1.29, 1.82) is 5.26 Å². The molecule has 1 aromatic carbocycles. The average Bonchev–Trinajstić information content (AvgIpc) is 2.57. The summed E-state index contributed by atoms with van der Waals surface area (Å²) in [5, 5.41) is 8.84. The van der Waals surface area contributed by atoms with Crippen LogP contribution < -0.4 is 9.47 Å². The summed E-state index contributed by atoms with van der Waals surface area (Å²) < 4.78 is 11.2. The number of nitriles is 1. The van der Waals surface area contributed by atoms with Crippen LogP contribution in [0.4, 0.5) is 0 Å². The Balaban J connectivity index is 2.41. The number of allylic oxidation sites excluding steroid dienone is 1. The first kappa shape index (κ1) is 19.1. The lowest BCUT2D eigenvalue weighted by molar-refractivity contribution is 0.284. The number of hydrogen-bond donors (Lipinski definition) is 0. The minimum atomic E-state index is 0.670. The molecule has 3 nitrogen and oxygen atoms in total. The predicted octanol–water partition coefficient (Wildman–Crippen LogP) is 5.75. The molecule has 0 atom stereocenters. The van der Waals surface area contributed by atoms with E-state index in [2.05, 4.69) is 13.0 Å². The Hall–Kier alpha value is -1.95. The molecule has 3 heteroatoms. The Morgan fingerprint density at radius 2 is 1.78 bits per heavy atom. The first-order valence-corrected chi connectivity index (χ1v) is 8.60. The molecule has 0 saturated heterocycles. The standard InChI is InChI=1S/C20H29NO2/c1-4-5-6-7-8-9-10-13-23-19-12-11-18(14-17(2)16-21)15-20(19)22-3/h11-12,14-15H,4-10,13H2,1-3H3/b17-14-. The molecule has 1 rings (SSSR count). The summed E-state index contributed by atoms with van der Waals surface area (Å²) in [4.78, 5) is 0. The van der Waals surface area contributed by atoms with Crippen LogP contribution in [0.25, 0.3) is 6.08 Å². The zero-order chi connectivity index (χ0) is 16.9. The molecular formula is C20H29NO2. The van der Waals surface area contributed by atoms with Crippen molar-refractivity contribution in [1.82, 2.24) is 0 Å². The fourth-order valence-corrected chi connectivity index (χ4v) is 2.42. The lowest BCUT2D eigenvalue weighted by atomic mass is 10.1. The average molecular weight is 315 g/mol. The third kappa shape index (κ3) is 7.74. The number of nitrogens with zero attached hydrogens (tertiary/aromatic N) is 1. The van der Waals surface area contributed by atoms with E-state index in [0.29, 0.717) is 11.3 Å².